The molecule has 1 fully saturated rings. The van der Waals surface area contributed by atoms with Crippen LogP contribution in [-0.4, -0.2) is 18.4 Å². The van der Waals surface area contributed by atoms with E-state index in [2.05, 4.69) is 0 Å². The summed E-state index contributed by atoms with van der Waals surface area (Å²) in [5, 5.41) is 0. The lowest BCUT2D eigenvalue weighted by molar-refractivity contribution is -0.137. The van der Waals surface area contributed by atoms with Crippen molar-refractivity contribution in [2.45, 2.75) is 44.9 Å². The first kappa shape index (κ1) is 15.5. The molecule has 0 aliphatic heterocycles. The molecule has 0 bridgehead atoms. The Hall–Kier alpha value is -1.90. The van der Waals surface area contributed by atoms with E-state index in [0.717, 1.165) is 0 Å². The van der Waals surface area contributed by atoms with E-state index in [1.54, 1.807) is 6.92 Å². The smallest absolute Gasteiger partial charge is 0.330 e. The van der Waals surface area contributed by atoms with E-state index in [-0.39, 0.29) is 5.78 Å². The van der Waals surface area contributed by atoms with Crippen LogP contribution < -0.4 is 0 Å². The molecule has 0 heterocycles. The molecule has 0 atom stereocenters. The molecule has 0 amide bonds. The van der Waals surface area contributed by atoms with Crippen molar-refractivity contribution < 1.29 is 14.3 Å². The number of carbonyl (C=O) groups excluding carboxylic acids is 2. The number of ether oxygens (including phenoxy) is 1. The molecule has 1 aliphatic carbocycles. The molecule has 1 aromatic rings. The van der Waals surface area contributed by atoms with Gasteiger partial charge in [-0.2, -0.15) is 0 Å². The van der Waals surface area contributed by atoms with Gasteiger partial charge >= 0.3 is 5.97 Å². The van der Waals surface area contributed by atoms with Crippen molar-refractivity contribution in [3.05, 3.63) is 47.5 Å². The van der Waals surface area contributed by atoms with Crippen LogP contribution in [0.2, 0.25) is 0 Å². The van der Waals surface area contributed by atoms with Crippen LogP contribution in [-0.2, 0) is 9.53 Å². The van der Waals surface area contributed by atoms with Crippen molar-refractivity contribution in [3.63, 3.8) is 0 Å². The number of hydrogen-bond acceptors (Lipinski definition) is 3. The predicted octanol–water partition coefficient (Wildman–Crippen LogP) is 4.04. The average molecular weight is 286 g/mol. The highest BCUT2D eigenvalue weighted by atomic mass is 16.5. The quantitative estimate of drug-likeness (QED) is 0.466. The summed E-state index contributed by atoms with van der Waals surface area (Å²) >= 11 is 0. The molecule has 2 rings (SSSR count). The minimum Gasteiger partial charge on any atom is -0.463 e. The van der Waals surface area contributed by atoms with Gasteiger partial charge in [0.25, 0.3) is 0 Å². The first-order valence-electron chi connectivity index (χ1n) is 7.70. The number of allylic oxidation sites excluding steroid dienone is 1. The normalized spacial score (nSPS) is 16.0. The lowest BCUT2D eigenvalue weighted by Gasteiger charge is -2.21. The van der Waals surface area contributed by atoms with E-state index < -0.39 is 5.97 Å². The summed E-state index contributed by atoms with van der Waals surface area (Å²) in [5.74, 6) is -0.0131. The van der Waals surface area contributed by atoms with E-state index in [4.69, 9.17) is 4.74 Å². The van der Waals surface area contributed by atoms with Crippen molar-refractivity contribution in [1.82, 2.24) is 0 Å². The molecule has 0 spiro atoms. The maximum absolute atomic E-state index is 11.9. The Kier molecular flexibility index (Phi) is 5.73. The predicted molar refractivity (Wildman–Crippen MR) is 82.4 cm³/mol. The summed E-state index contributed by atoms with van der Waals surface area (Å²) in [6.45, 7) is 2.05. The number of rotatable bonds is 5. The van der Waals surface area contributed by atoms with Gasteiger partial charge in [0, 0.05) is 11.6 Å². The number of ketones is 1. The lowest BCUT2D eigenvalue weighted by Crippen LogP contribution is -2.05. The SMILES string of the molecule is CCOC(=O)C=CC(=O)c1ccc(C2CCCCC2)cc1. The second-order valence-corrected chi connectivity index (χ2v) is 5.41. The van der Waals surface area contributed by atoms with Crippen LogP contribution in [0.25, 0.3) is 0 Å². The standard InChI is InChI=1S/C18H22O3/c1-2-21-18(20)13-12-17(19)16-10-8-15(9-11-16)14-6-4-3-5-7-14/h8-14H,2-7H2,1H3. The van der Waals surface area contributed by atoms with Gasteiger partial charge in [0.2, 0.25) is 0 Å². The summed E-state index contributed by atoms with van der Waals surface area (Å²) in [6, 6.07) is 7.78. The molecule has 3 heteroatoms. The van der Waals surface area contributed by atoms with Crippen LogP contribution in [0.5, 0.6) is 0 Å². The molecule has 1 aromatic carbocycles. The van der Waals surface area contributed by atoms with Gasteiger partial charge < -0.3 is 4.74 Å². The second-order valence-electron chi connectivity index (χ2n) is 5.41. The number of esters is 1. The van der Waals surface area contributed by atoms with Crippen LogP contribution in [0.15, 0.2) is 36.4 Å². The molecule has 0 radical (unpaired) electrons. The van der Waals surface area contributed by atoms with Gasteiger partial charge in [0.05, 0.1) is 6.61 Å². The van der Waals surface area contributed by atoms with Gasteiger partial charge in [-0.1, -0.05) is 43.5 Å². The van der Waals surface area contributed by atoms with Gasteiger partial charge in [-0.05, 0) is 37.3 Å². The number of benzene rings is 1. The third kappa shape index (κ3) is 4.55. The summed E-state index contributed by atoms with van der Waals surface area (Å²) in [5.41, 5.74) is 1.93. The summed E-state index contributed by atoms with van der Waals surface area (Å²) in [7, 11) is 0. The Bertz CT molecular complexity index is 508. The van der Waals surface area contributed by atoms with E-state index in [9.17, 15) is 9.59 Å². The maximum Gasteiger partial charge on any atom is 0.330 e. The molecule has 1 saturated carbocycles. The van der Waals surface area contributed by atoms with Gasteiger partial charge in [0.1, 0.15) is 0 Å². The first-order valence-corrected chi connectivity index (χ1v) is 7.70. The fraction of sp³-hybridized carbons (Fsp3) is 0.444. The van der Waals surface area contributed by atoms with Crippen molar-refractivity contribution in [3.8, 4) is 0 Å². The largest absolute Gasteiger partial charge is 0.463 e. The molecule has 112 valence electrons. The molecule has 21 heavy (non-hydrogen) atoms. The van der Waals surface area contributed by atoms with Crippen LogP contribution in [0.1, 0.15) is 60.9 Å². The molecule has 1 aliphatic rings. The molecule has 0 unspecified atom stereocenters. The summed E-state index contributed by atoms with van der Waals surface area (Å²) < 4.78 is 4.75. The van der Waals surface area contributed by atoms with Crippen LogP contribution in [0.4, 0.5) is 0 Å². The van der Waals surface area contributed by atoms with Crippen molar-refractivity contribution in [1.29, 1.82) is 0 Å². The molecule has 0 N–H and O–H groups in total. The Morgan fingerprint density at radius 2 is 1.76 bits per heavy atom. The summed E-state index contributed by atoms with van der Waals surface area (Å²) in [6.07, 6.45) is 8.88. The van der Waals surface area contributed by atoms with Crippen LogP contribution in [0.3, 0.4) is 0 Å². The molecular weight excluding hydrogens is 264 g/mol. The molecule has 3 nitrogen and oxygen atoms in total. The molecule has 0 saturated heterocycles. The zero-order chi connectivity index (χ0) is 15.1. The highest BCUT2D eigenvalue weighted by molar-refractivity contribution is 6.07. The monoisotopic (exact) mass is 286 g/mol. The van der Waals surface area contributed by atoms with E-state index in [1.807, 2.05) is 24.3 Å². The maximum atomic E-state index is 11.9. The van der Waals surface area contributed by atoms with Gasteiger partial charge in [-0.15, -0.1) is 0 Å². The third-order valence-corrected chi connectivity index (χ3v) is 3.93. The first-order chi connectivity index (χ1) is 10.2. The van der Waals surface area contributed by atoms with E-state index >= 15 is 0 Å². The van der Waals surface area contributed by atoms with Gasteiger partial charge in [-0.3, -0.25) is 4.79 Å². The Morgan fingerprint density at radius 1 is 1.10 bits per heavy atom. The topological polar surface area (TPSA) is 43.4 Å². The number of hydrogen-bond donors (Lipinski definition) is 0. The van der Waals surface area contributed by atoms with Gasteiger partial charge in [-0.25, -0.2) is 4.79 Å². The summed E-state index contributed by atoms with van der Waals surface area (Å²) in [4.78, 5) is 23.1. The van der Waals surface area contributed by atoms with E-state index in [1.165, 1.54) is 49.8 Å². The molecule has 0 aromatic heterocycles. The van der Waals surface area contributed by atoms with Crippen molar-refractivity contribution in [2.75, 3.05) is 6.61 Å². The lowest BCUT2D eigenvalue weighted by atomic mass is 9.84. The minimum atomic E-state index is -0.482. The second kappa shape index (κ2) is 7.77. The van der Waals surface area contributed by atoms with Crippen molar-refractivity contribution in [2.24, 2.45) is 0 Å². The van der Waals surface area contributed by atoms with Crippen LogP contribution in [0, 0.1) is 0 Å². The van der Waals surface area contributed by atoms with Crippen LogP contribution >= 0.6 is 0 Å². The zero-order valence-electron chi connectivity index (χ0n) is 12.5. The average Bonchev–Trinajstić information content (AvgIpc) is 2.54. The molecular formula is C18H22O3. The number of carbonyl (C=O) groups is 2. The van der Waals surface area contributed by atoms with Gasteiger partial charge in [0.15, 0.2) is 5.78 Å². The third-order valence-electron chi connectivity index (χ3n) is 3.93. The minimum absolute atomic E-state index is 0.168. The van der Waals surface area contributed by atoms with Crippen molar-refractivity contribution >= 4 is 11.8 Å². The fourth-order valence-corrected chi connectivity index (χ4v) is 2.79. The fourth-order valence-electron chi connectivity index (χ4n) is 2.79. The zero-order valence-corrected chi connectivity index (χ0v) is 12.5. The van der Waals surface area contributed by atoms with E-state index in [0.29, 0.717) is 18.1 Å². The Labute approximate surface area is 126 Å². The highest BCUT2D eigenvalue weighted by Gasteiger charge is 2.15. The Balaban J connectivity index is 1.97. The Morgan fingerprint density at radius 3 is 2.38 bits per heavy atom. The highest BCUT2D eigenvalue weighted by Crippen LogP contribution is 2.32.